The number of hydrogen-bond acceptors (Lipinski definition) is 3. The molecule has 4 nitrogen and oxygen atoms in total. The number of nitrogens with two attached hydrogens (primary N) is 1. The van der Waals surface area contributed by atoms with Crippen LogP contribution in [0.3, 0.4) is 0 Å². The van der Waals surface area contributed by atoms with E-state index in [9.17, 15) is 4.79 Å². The van der Waals surface area contributed by atoms with Gasteiger partial charge in [-0.3, -0.25) is 10.2 Å². The van der Waals surface area contributed by atoms with E-state index in [1.54, 1.807) is 18.2 Å². The second-order valence-electron chi connectivity index (χ2n) is 4.37. The van der Waals surface area contributed by atoms with Crippen LogP contribution in [0.2, 0.25) is 5.02 Å². The average molecular weight is 291 g/mol. The monoisotopic (exact) mass is 290 g/mol. The summed E-state index contributed by atoms with van der Waals surface area (Å²) < 4.78 is 5.72. The lowest BCUT2D eigenvalue weighted by atomic mass is 10.1. The van der Waals surface area contributed by atoms with E-state index in [1.165, 1.54) is 0 Å². The summed E-state index contributed by atoms with van der Waals surface area (Å²) in [4.78, 5) is 11.3. The molecule has 0 heterocycles. The Morgan fingerprint density at radius 2 is 1.95 bits per heavy atom. The zero-order chi connectivity index (χ0) is 14.5. The maximum atomic E-state index is 11.3. The van der Waals surface area contributed by atoms with Gasteiger partial charge >= 0.3 is 0 Å². The summed E-state index contributed by atoms with van der Waals surface area (Å²) in [7, 11) is 0. The zero-order valence-corrected chi connectivity index (χ0v) is 11.8. The van der Waals surface area contributed by atoms with Crippen LogP contribution in [-0.2, 0) is 6.61 Å². The van der Waals surface area contributed by atoms with Crippen molar-refractivity contribution in [2.24, 2.45) is 5.84 Å². The van der Waals surface area contributed by atoms with Crippen LogP contribution >= 0.6 is 11.6 Å². The fraction of sp³-hybridized carbons (Fsp3) is 0.133. The number of aryl methyl sites for hydroxylation is 1. The molecule has 0 saturated carbocycles. The third-order valence-electron chi connectivity index (χ3n) is 2.89. The van der Waals surface area contributed by atoms with Gasteiger partial charge in [-0.25, -0.2) is 5.84 Å². The van der Waals surface area contributed by atoms with Gasteiger partial charge in [0.25, 0.3) is 5.91 Å². The molecule has 0 radical (unpaired) electrons. The molecule has 0 aliphatic rings. The van der Waals surface area contributed by atoms with Gasteiger partial charge in [-0.1, -0.05) is 29.8 Å². The second kappa shape index (κ2) is 6.41. The largest absolute Gasteiger partial charge is 0.489 e. The number of amides is 1. The van der Waals surface area contributed by atoms with Crippen LogP contribution in [0, 0.1) is 6.92 Å². The van der Waals surface area contributed by atoms with Crippen molar-refractivity contribution in [1.29, 1.82) is 0 Å². The molecule has 2 aromatic rings. The van der Waals surface area contributed by atoms with Crippen molar-refractivity contribution in [3.63, 3.8) is 0 Å². The van der Waals surface area contributed by atoms with E-state index in [0.29, 0.717) is 17.2 Å². The van der Waals surface area contributed by atoms with Gasteiger partial charge in [-0.2, -0.15) is 0 Å². The first-order chi connectivity index (χ1) is 9.60. The number of hydrazine groups is 1. The van der Waals surface area contributed by atoms with E-state index in [4.69, 9.17) is 22.2 Å². The van der Waals surface area contributed by atoms with E-state index in [1.807, 2.05) is 31.2 Å². The Morgan fingerprint density at radius 1 is 1.25 bits per heavy atom. The van der Waals surface area contributed by atoms with Crippen LogP contribution in [0.4, 0.5) is 0 Å². The van der Waals surface area contributed by atoms with Crippen molar-refractivity contribution in [1.82, 2.24) is 5.43 Å². The predicted molar refractivity (Wildman–Crippen MR) is 78.6 cm³/mol. The third kappa shape index (κ3) is 3.50. The lowest BCUT2D eigenvalue weighted by molar-refractivity contribution is 0.0953. The fourth-order valence-corrected chi connectivity index (χ4v) is 1.89. The van der Waals surface area contributed by atoms with Crippen LogP contribution in [0.5, 0.6) is 5.75 Å². The van der Waals surface area contributed by atoms with Gasteiger partial charge in [0.15, 0.2) is 0 Å². The first-order valence-electron chi connectivity index (χ1n) is 6.09. The Kier molecular flexibility index (Phi) is 4.61. The lowest BCUT2D eigenvalue weighted by Crippen LogP contribution is -2.29. The number of ether oxygens (including phenoxy) is 1. The minimum absolute atomic E-state index is 0.317. The van der Waals surface area contributed by atoms with E-state index >= 15 is 0 Å². The molecule has 0 bridgehead atoms. The summed E-state index contributed by atoms with van der Waals surface area (Å²) >= 11 is 5.93. The molecule has 0 aromatic heterocycles. The highest BCUT2D eigenvalue weighted by atomic mass is 35.5. The molecular formula is C15H15ClN2O2. The third-order valence-corrected chi connectivity index (χ3v) is 3.13. The molecule has 3 N–H and O–H groups in total. The van der Waals surface area contributed by atoms with Crippen LogP contribution in [0.1, 0.15) is 21.5 Å². The molecule has 2 aromatic carbocycles. The van der Waals surface area contributed by atoms with Crippen molar-refractivity contribution in [2.75, 3.05) is 0 Å². The molecule has 0 unspecified atom stereocenters. The topological polar surface area (TPSA) is 64.3 Å². The summed E-state index contributed by atoms with van der Waals surface area (Å²) in [6, 6.07) is 12.6. The van der Waals surface area contributed by atoms with Crippen LogP contribution in [-0.4, -0.2) is 5.91 Å². The number of rotatable bonds is 4. The molecule has 20 heavy (non-hydrogen) atoms. The standard InChI is InChI=1S/C15H15ClN2O2/c1-10-2-7-13(16)8-14(10)20-9-11-3-5-12(6-4-11)15(19)18-17/h2-8H,9,17H2,1H3,(H,18,19). The minimum atomic E-state index is -0.317. The van der Waals surface area contributed by atoms with Crippen molar-refractivity contribution in [3.05, 3.63) is 64.2 Å². The average Bonchev–Trinajstić information content (AvgIpc) is 2.48. The number of hydrogen-bond donors (Lipinski definition) is 2. The second-order valence-corrected chi connectivity index (χ2v) is 4.81. The van der Waals surface area contributed by atoms with Crippen LogP contribution < -0.4 is 16.0 Å². The van der Waals surface area contributed by atoms with Gasteiger partial charge in [-0.05, 0) is 42.3 Å². The van der Waals surface area contributed by atoms with Gasteiger partial charge in [0.1, 0.15) is 12.4 Å². The molecule has 0 atom stereocenters. The first kappa shape index (κ1) is 14.4. The summed E-state index contributed by atoms with van der Waals surface area (Å²) in [5, 5.41) is 0.639. The molecule has 5 heteroatoms. The number of carbonyl (C=O) groups excluding carboxylic acids is 1. The zero-order valence-electron chi connectivity index (χ0n) is 11.0. The number of halogens is 1. The number of benzene rings is 2. The fourth-order valence-electron chi connectivity index (χ4n) is 1.73. The summed E-state index contributed by atoms with van der Waals surface area (Å²) in [5.74, 6) is 5.51. The highest BCUT2D eigenvalue weighted by molar-refractivity contribution is 6.30. The molecule has 0 fully saturated rings. The SMILES string of the molecule is Cc1ccc(Cl)cc1OCc1ccc(C(=O)NN)cc1. The molecular weight excluding hydrogens is 276 g/mol. The van der Waals surface area contributed by atoms with E-state index in [2.05, 4.69) is 5.43 Å². The Hall–Kier alpha value is -2.04. The molecule has 104 valence electrons. The maximum absolute atomic E-state index is 11.3. The van der Waals surface area contributed by atoms with E-state index < -0.39 is 0 Å². The Bertz CT molecular complexity index is 612. The van der Waals surface area contributed by atoms with Gasteiger partial charge in [0, 0.05) is 10.6 Å². The summed E-state index contributed by atoms with van der Waals surface area (Å²) in [5.41, 5.74) is 4.58. The molecule has 2 rings (SSSR count). The number of nitrogens with one attached hydrogen (secondary N) is 1. The van der Waals surface area contributed by atoms with E-state index in [-0.39, 0.29) is 5.91 Å². The Morgan fingerprint density at radius 3 is 2.60 bits per heavy atom. The quantitative estimate of drug-likeness (QED) is 0.517. The smallest absolute Gasteiger partial charge is 0.265 e. The lowest BCUT2D eigenvalue weighted by Gasteiger charge is -2.10. The molecule has 0 spiro atoms. The van der Waals surface area contributed by atoms with Gasteiger partial charge < -0.3 is 4.74 Å². The minimum Gasteiger partial charge on any atom is -0.489 e. The Balaban J connectivity index is 2.04. The van der Waals surface area contributed by atoms with Crippen LogP contribution in [0.25, 0.3) is 0 Å². The van der Waals surface area contributed by atoms with Crippen molar-refractivity contribution < 1.29 is 9.53 Å². The normalized spacial score (nSPS) is 10.2. The van der Waals surface area contributed by atoms with Crippen molar-refractivity contribution in [2.45, 2.75) is 13.5 Å². The molecule has 0 aliphatic heterocycles. The summed E-state index contributed by atoms with van der Waals surface area (Å²) in [6.45, 7) is 2.37. The van der Waals surface area contributed by atoms with Crippen molar-refractivity contribution >= 4 is 17.5 Å². The van der Waals surface area contributed by atoms with Crippen molar-refractivity contribution in [3.8, 4) is 5.75 Å². The van der Waals surface area contributed by atoms with Crippen LogP contribution in [0.15, 0.2) is 42.5 Å². The maximum Gasteiger partial charge on any atom is 0.265 e. The Labute approximate surface area is 122 Å². The highest BCUT2D eigenvalue weighted by Gasteiger charge is 2.04. The van der Waals surface area contributed by atoms with Gasteiger partial charge in [0.05, 0.1) is 0 Å². The molecule has 0 saturated heterocycles. The number of nitrogen functional groups attached to an aromatic ring is 1. The summed E-state index contributed by atoms with van der Waals surface area (Å²) in [6.07, 6.45) is 0. The predicted octanol–water partition coefficient (Wildman–Crippen LogP) is 2.83. The number of carbonyl (C=O) groups is 1. The first-order valence-corrected chi connectivity index (χ1v) is 6.47. The van der Waals surface area contributed by atoms with Gasteiger partial charge in [0.2, 0.25) is 0 Å². The van der Waals surface area contributed by atoms with E-state index in [0.717, 1.165) is 16.9 Å². The van der Waals surface area contributed by atoms with Gasteiger partial charge in [-0.15, -0.1) is 0 Å². The molecule has 1 amide bonds. The highest BCUT2D eigenvalue weighted by Crippen LogP contribution is 2.23. The molecule has 0 aliphatic carbocycles.